The summed E-state index contributed by atoms with van der Waals surface area (Å²) in [5.74, 6) is 0. The molecule has 0 nitrogen and oxygen atoms in total. The predicted molar refractivity (Wildman–Crippen MR) is 168 cm³/mol. The van der Waals surface area contributed by atoms with E-state index in [0.29, 0.717) is 0 Å². The van der Waals surface area contributed by atoms with E-state index in [9.17, 15) is 0 Å². The van der Waals surface area contributed by atoms with E-state index < -0.39 is 0 Å². The summed E-state index contributed by atoms with van der Waals surface area (Å²) in [6.07, 6.45) is 48.9. The van der Waals surface area contributed by atoms with Crippen molar-refractivity contribution in [2.75, 3.05) is 0 Å². The van der Waals surface area contributed by atoms with Crippen LogP contribution in [0.4, 0.5) is 0 Å². The Kier molecular flexibility index (Phi) is 39.0. The van der Waals surface area contributed by atoms with Gasteiger partial charge >= 0.3 is 26.2 Å². The molecule has 3 heteroatoms. The number of hydrogen-bond acceptors (Lipinski definition) is 0. The minimum atomic E-state index is 0. The Balaban J connectivity index is -0.000000578. The van der Waals surface area contributed by atoms with Crippen LogP contribution in [0.25, 0.3) is 0 Å². The molecule has 214 valence electrons. The number of unbranched alkanes of at least 4 members (excludes halogenated alkanes) is 18. The second-order valence-electron chi connectivity index (χ2n) is 10.5. The number of halogens is 2. The first-order chi connectivity index (χ1) is 16.9. The molecular formula is C34H60Cl2Zr. The smallest absolute Gasteiger partial charge is 0.269 e. The van der Waals surface area contributed by atoms with Gasteiger partial charge in [0.2, 0.25) is 0 Å². The van der Waals surface area contributed by atoms with Crippen LogP contribution in [-0.2, 0) is 26.2 Å². The largest absolute Gasteiger partial charge is 2.00 e. The fourth-order valence-electron chi connectivity index (χ4n) is 4.85. The first kappa shape index (κ1) is 41.9. The Bertz CT molecular complexity index is 512. The van der Waals surface area contributed by atoms with Crippen molar-refractivity contribution in [3.8, 4) is 0 Å². The van der Waals surface area contributed by atoms with Gasteiger partial charge in [0.05, 0.1) is 0 Å². The number of hydrogen-bond donors (Lipinski definition) is 0. The zero-order valence-corrected chi connectivity index (χ0v) is 28.7. The summed E-state index contributed by atoms with van der Waals surface area (Å²) in [7, 11) is 0. The summed E-state index contributed by atoms with van der Waals surface area (Å²) in [6.45, 7) is 4.57. The van der Waals surface area contributed by atoms with Crippen molar-refractivity contribution < 1.29 is 26.2 Å². The van der Waals surface area contributed by atoms with Gasteiger partial charge in [-0.15, -0.1) is 37.7 Å². The van der Waals surface area contributed by atoms with Crippen LogP contribution in [0.3, 0.4) is 0 Å². The molecular weight excluding hydrogens is 571 g/mol. The van der Waals surface area contributed by atoms with Crippen molar-refractivity contribution in [1.82, 2.24) is 0 Å². The van der Waals surface area contributed by atoms with Gasteiger partial charge in [0, 0.05) is 0 Å². The van der Waals surface area contributed by atoms with Crippen molar-refractivity contribution in [2.45, 2.75) is 168 Å². The summed E-state index contributed by atoms with van der Waals surface area (Å²) < 4.78 is 0. The van der Waals surface area contributed by atoms with E-state index in [4.69, 9.17) is 0 Å². The molecule has 2 aliphatic carbocycles. The van der Waals surface area contributed by atoms with Crippen molar-refractivity contribution in [3.63, 3.8) is 0 Å². The molecule has 0 aromatic heterocycles. The average molecular weight is 631 g/mol. The van der Waals surface area contributed by atoms with Crippen LogP contribution in [0.15, 0.2) is 35.5 Å². The van der Waals surface area contributed by atoms with Crippen LogP contribution < -0.4 is 0 Å². The van der Waals surface area contributed by atoms with E-state index in [1.54, 1.807) is 0 Å². The molecule has 0 radical (unpaired) electrons. The van der Waals surface area contributed by atoms with Gasteiger partial charge in [-0.05, 0) is 0 Å². The van der Waals surface area contributed by atoms with Crippen molar-refractivity contribution in [3.05, 3.63) is 47.6 Å². The van der Waals surface area contributed by atoms with Crippen molar-refractivity contribution >= 4 is 24.8 Å². The SMILES string of the molecule is CCCCCCCCCCCCC1=[C-]CC=C1.CCCCCCCCCCCCC1=[C-]CC=C1.Cl.Cl.[Zr+2]. The summed E-state index contributed by atoms with van der Waals surface area (Å²) in [5.41, 5.74) is 2.90. The Labute approximate surface area is 265 Å². The van der Waals surface area contributed by atoms with Crippen LogP contribution in [0.2, 0.25) is 0 Å². The maximum Gasteiger partial charge on any atom is 2.00 e. The van der Waals surface area contributed by atoms with Crippen LogP contribution >= 0.6 is 24.8 Å². The van der Waals surface area contributed by atoms with Gasteiger partial charge in [-0.3, -0.25) is 12.2 Å². The third kappa shape index (κ3) is 29.2. The van der Waals surface area contributed by atoms with E-state index in [0.717, 1.165) is 12.8 Å². The third-order valence-electron chi connectivity index (χ3n) is 7.13. The van der Waals surface area contributed by atoms with Gasteiger partial charge in [-0.1, -0.05) is 155 Å². The monoisotopic (exact) mass is 628 g/mol. The standard InChI is InChI=1S/2C17H29.2ClH.Zr/c2*1-2-3-4-5-6-7-8-9-10-11-14-17-15-12-13-16-17;;;/h2*12,15H,2-11,13-14H2,1H3;2*1H;/q2*-1;;;+2. The van der Waals surface area contributed by atoms with Crippen LogP contribution in [0.1, 0.15) is 168 Å². The molecule has 0 saturated heterocycles. The third-order valence-corrected chi connectivity index (χ3v) is 7.13. The molecule has 37 heavy (non-hydrogen) atoms. The molecule has 0 amide bonds. The van der Waals surface area contributed by atoms with Gasteiger partial charge < -0.3 is 0 Å². The maximum atomic E-state index is 3.39. The summed E-state index contributed by atoms with van der Waals surface area (Å²) in [4.78, 5) is 0. The number of allylic oxidation sites excluding steroid dienone is 8. The van der Waals surface area contributed by atoms with E-state index in [1.807, 2.05) is 0 Å². The molecule has 0 fully saturated rings. The fourth-order valence-corrected chi connectivity index (χ4v) is 4.85. The molecule has 0 spiro atoms. The van der Waals surface area contributed by atoms with Gasteiger partial charge in [-0.25, -0.2) is 23.3 Å². The van der Waals surface area contributed by atoms with Crippen LogP contribution in [0, 0.1) is 12.2 Å². The summed E-state index contributed by atoms with van der Waals surface area (Å²) in [5, 5.41) is 0. The number of rotatable bonds is 22. The zero-order valence-electron chi connectivity index (χ0n) is 24.6. The van der Waals surface area contributed by atoms with Crippen LogP contribution in [-0.4, -0.2) is 0 Å². The van der Waals surface area contributed by atoms with Crippen LogP contribution in [0.5, 0.6) is 0 Å². The quantitative estimate of drug-likeness (QED) is 0.0825. The van der Waals surface area contributed by atoms with Gasteiger partial charge in [-0.2, -0.15) is 12.2 Å². The second-order valence-corrected chi connectivity index (χ2v) is 10.5. The Morgan fingerprint density at radius 3 is 0.973 bits per heavy atom. The molecule has 2 aliphatic rings. The van der Waals surface area contributed by atoms with Crippen molar-refractivity contribution in [1.29, 1.82) is 0 Å². The molecule has 0 saturated carbocycles. The Morgan fingerprint density at radius 1 is 0.459 bits per heavy atom. The normalized spacial score (nSPS) is 13.1. The molecule has 2 rings (SSSR count). The summed E-state index contributed by atoms with van der Waals surface area (Å²) >= 11 is 0. The predicted octanol–water partition coefficient (Wildman–Crippen LogP) is 12.8. The van der Waals surface area contributed by atoms with Gasteiger partial charge in [0.25, 0.3) is 0 Å². The average Bonchev–Trinajstić information content (AvgIpc) is 3.56. The molecule has 0 N–H and O–H groups in total. The van der Waals surface area contributed by atoms with Crippen molar-refractivity contribution in [2.24, 2.45) is 0 Å². The maximum absolute atomic E-state index is 3.39. The zero-order chi connectivity index (χ0) is 24.4. The Hall–Kier alpha value is 0.423. The summed E-state index contributed by atoms with van der Waals surface area (Å²) in [6, 6.07) is 0. The molecule has 0 aromatic rings. The fraction of sp³-hybridized carbons (Fsp3) is 0.765. The molecule has 0 aromatic carbocycles. The topological polar surface area (TPSA) is 0 Å². The minimum Gasteiger partial charge on any atom is -0.269 e. The first-order valence-corrected chi connectivity index (χ1v) is 15.4. The first-order valence-electron chi connectivity index (χ1n) is 15.4. The second kappa shape index (κ2) is 34.5. The molecule has 0 bridgehead atoms. The van der Waals surface area contributed by atoms with Gasteiger partial charge in [0.15, 0.2) is 0 Å². The van der Waals surface area contributed by atoms with E-state index in [1.165, 1.54) is 152 Å². The molecule has 0 atom stereocenters. The van der Waals surface area contributed by atoms with E-state index in [-0.39, 0.29) is 51.0 Å². The minimum absolute atomic E-state index is 0. The molecule has 0 heterocycles. The van der Waals surface area contributed by atoms with E-state index >= 15 is 0 Å². The van der Waals surface area contributed by atoms with Gasteiger partial charge in [0.1, 0.15) is 0 Å². The Morgan fingerprint density at radius 2 is 0.730 bits per heavy atom. The van der Waals surface area contributed by atoms with E-state index in [2.05, 4.69) is 50.3 Å². The molecule has 0 aliphatic heterocycles. The molecule has 0 unspecified atom stereocenters.